The maximum atomic E-state index is 11.8. The van der Waals surface area contributed by atoms with Gasteiger partial charge in [-0.2, -0.15) is 0 Å². The van der Waals surface area contributed by atoms with E-state index in [0.29, 0.717) is 12.2 Å². The molecule has 0 saturated carbocycles. The van der Waals surface area contributed by atoms with Crippen LogP contribution in [0.25, 0.3) is 5.65 Å². The highest BCUT2D eigenvalue weighted by atomic mass is 16.1. The molecule has 4 heteroatoms. The minimum Gasteiger partial charge on any atom is -0.311 e. The zero-order valence-corrected chi connectivity index (χ0v) is 10.7. The van der Waals surface area contributed by atoms with Gasteiger partial charge >= 0.3 is 0 Å². The van der Waals surface area contributed by atoms with Gasteiger partial charge in [-0.3, -0.25) is 9.20 Å². The Morgan fingerprint density at radius 2 is 2.22 bits per heavy atom. The molecule has 0 spiro atoms. The first-order valence-electron chi connectivity index (χ1n) is 6.49. The summed E-state index contributed by atoms with van der Waals surface area (Å²) in [6.45, 7) is 3.82. The maximum Gasteiger partial charge on any atom is 0.258 e. The summed E-state index contributed by atoms with van der Waals surface area (Å²) in [6, 6.07) is 7.17. The van der Waals surface area contributed by atoms with Crippen LogP contribution in [-0.2, 0) is 6.54 Å². The van der Waals surface area contributed by atoms with Gasteiger partial charge in [0.05, 0.1) is 5.69 Å². The summed E-state index contributed by atoms with van der Waals surface area (Å²) in [5.41, 5.74) is 1.49. The first-order chi connectivity index (χ1) is 8.81. The Morgan fingerprint density at radius 1 is 1.33 bits per heavy atom. The molecule has 2 aromatic heterocycles. The molecular weight excluding hydrogens is 226 g/mol. The van der Waals surface area contributed by atoms with Crippen molar-refractivity contribution < 1.29 is 0 Å². The molecule has 0 radical (unpaired) electrons. The normalized spacial score (nSPS) is 10.9. The molecule has 0 atom stereocenters. The Balaban J connectivity index is 2.03. The maximum absolute atomic E-state index is 11.8. The van der Waals surface area contributed by atoms with E-state index in [9.17, 15) is 4.79 Å². The van der Waals surface area contributed by atoms with Crippen molar-refractivity contribution in [2.24, 2.45) is 0 Å². The van der Waals surface area contributed by atoms with Crippen molar-refractivity contribution in [2.75, 3.05) is 6.54 Å². The zero-order valence-electron chi connectivity index (χ0n) is 10.7. The van der Waals surface area contributed by atoms with Crippen molar-refractivity contribution in [1.29, 1.82) is 0 Å². The van der Waals surface area contributed by atoms with Crippen molar-refractivity contribution in [2.45, 2.75) is 32.7 Å². The molecule has 0 saturated heterocycles. The number of nitrogens with zero attached hydrogens (tertiary/aromatic N) is 2. The first-order valence-corrected chi connectivity index (χ1v) is 6.49. The third-order valence-electron chi connectivity index (χ3n) is 2.89. The number of unbranched alkanes of at least 4 members (excludes halogenated alkanes) is 2. The third kappa shape index (κ3) is 3.17. The molecule has 96 valence electrons. The summed E-state index contributed by atoms with van der Waals surface area (Å²) in [7, 11) is 0. The molecule has 2 rings (SSSR count). The van der Waals surface area contributed by atoms with Crippen LogP contribution in [0.15, 0.2) is 35.3 Å². The number of aromatic nitrogens is 2. The first kappa shape index (κ1) is 12.8. The van der Waals surface area contributed by atoms with Crippen molar-refractivity contribution >= 4 is 5.65 Å². The van der Waals surface area contributed by atoms with Crippen LogP contribution >= 0.6 is 0 Å². The molecule has 0 aliphatic heterocycles. The summed E-state index contributed by atoms with van der Waals surface area (Å²) in [5.74, 6) is 0. The monoisotopic (exact) mass is 245 g/mol. The van der Waals surface area contributed by atoms with E-state index in [-0.39, 0.29) is 5.56 Å². The Labute approximate surface area is 107 Å². The molecule has 0 aliphatic rings. The second-order valence-electron chi connectivity index (χ2n) is 4.40. The van der Waals surface area contributed by atoms with E-state index in [1.807, 2.05) is 18.2 Å². The molecule has 18 heavy (non-hydrogen) atoms. The van der Waals surface area contributed by atoms with Crippen molar-refractivity contribution in [3.05, 3.63) is 46.5 Å². The summed E-state index contributed by atoms with van der Waals surface area (Å²) >= 11 is 0. The fourth-order valence-electron chi connectivity index (χ4n) is 1.91. The lowest BCUT2D eigenvalue weighted by molar-refractivity contribution is 0.610. The molecule has 0 amide bonds. The van der Waals surface area contributed by atoms with Crippen molar-refractivity contribution in [3.8, 4) is 0 Å². The average Bonchev–Trinajstić information content (AvgIpc) is 2.39. The van der Waals surface area contributed by atoms with Crippen LogP contribution in [0.4, 0.5) is 0 Å². The highest BCUT2D eigenvalue weighted by Gasteiger charge is 2.00. The summed E-state index contributed by atoms with van der Waals surface area (Å²) in [5, 5.41) is 3.32. The van der Waals surface area contributed by atoms with E-state index in [0.717, 1.165) is 12.2 Å². The number of pyridine rings is 1. The van der Waals surface area contributed by atoms with Gasteiger partial charge in [-0.25, -0.2) is 4.98 Å². The topological polar surface area (TPSA) is 46.4 Å². The van der Waals surface area contributed by atoms with Crippen LogP contribution < -0.4 is 10.9 Å². The van der Waals surface area contributed by atoms with Gasteiger partial charge in [-0.1, -0.05) is 25.8 Å². The van der Waals surface area contributed by atoms with Crippen LogP contribution in [0.3, 0.4) is 0 Å². The highest BCUT2D eigenvalue weighted by Crippen LogP contribution is 1.98. The minimum absolute atomic E-state index is 0.0223. The predicted octanol–water partition coefficient (Wildman–Crippen LogP) is 1.97. The number of hydrogen-bond donors (Lipinski definition) is 1. The number of nitrogens with one attached hydrogen (secondary N) is 1. The minimum atomic E-state index is -0.0223. The van der Waals surface area contributed by atoms with E-state index in [4.69, 9.17) is 0 Å². The van der Waals surface area contributed by atoms with Crippen LogP contribution in [0, 0.1) is 0 Å². The van der Waals surface area contributed by atoms with E-state index < -0.39 is 0 Å². The molecule has 2 heterocycles. The summed E-state index contributed by atoms with van der Waals surface area (Å²) in [6.07, 6.45) is 5.37. The Bertz CT molecular complexity index is 562. The lowest BCUT2D eigenvalue weighted by Gasteiger charge is -2.05. The van der Waals surface area contributed by atoms with E-state index in [1.165, 1.54) is 19.3 Å². The van der Waals surface area contributed by atoms with E-state index in [1.54, 1.807) is 16.7 Å². The molecule has 0 bridgehead atoms. The third-order valence-corrected chi connectivity index (χ3v) is 2.89. The SMILES string of the molecule is CCCCCNCc1cc(=O)n2ccccc2n1. The molecule has 0 aromatic carbocycles. The van der Waals surface area contributed by atoms with Gasteiger partial charge in [-0.15, -0.1) is 0 Å². The average molecular weight is 245 g/mol. The summed E-state index contributed by atoms with van der Waals surface area (Å²) < 4.78 is 1.56. The van der Waals surface area contributed by atoms with Gasteiger partial charge in [0.25, 0.3) is 5.56 Å². The Morgan fingerprint density at radius 3 is 3.06 bits per heavy atom. The van der Waals surface area contributed by atoms with Crippen LogP contribution in [-0.4, -0.2) is 15.9 Å². The van der Waals surface area contributed by atoms with Gasteiger partial charge in [0.15, 0.2) is 0 Å². The van der Waals surface area contributed by atoms with Crippen LogP contribution in [0.1, 0.15) is 31.9 Å². The lowest BCUT2D eigenvalue weighted by Crippen LogP contribution is -2.20. The largest absolute Gasteiger partial charge is 0.311 e. The Hall–Kier alpha value is -1.68. The molecular formula is C14H19N3O. The van der Waals surface area contributed by atoms with Crippen LogP contribution in [0.5, 0.6) is 0 Å². The quantitative estimate of drug-likeness (QED) is 0.791. The number of hydrogen-bond acceptors (Lipinski definition) is 3. The second kappa shape index (κ2) is 6.31. The van der Waals surface area contributed by atoms with Gasteiger partial charge in [-0.05, 0) is 25.1 Å². The van der Waals surface area contributed by atoms with Gasteiger partial charge in [0.1, 0.15) is 5.65 Å². The molecule has 1 N–H and O–H groups in total. The molecule has 4 nitrogen and oxygen atoms in total. The molecule has 2 aromatic rings. The molecule has 0 fully saturated rings. The zero-order chi connectivity index (χ0) is 12.8. The fraction of sp³-hybridized carbons (Fsp3) is 0.429. The number of fused-ring (bicyclic) bond motifs is 1. The van der Waals surface area contributed by atoms with E-state index >= 15 is 0 Å². The standard InChI is InChI=1S/C14H19N3O/c1-2-3-5-8-15-11-12-10-14(18)17-9-6-4-7-13(17)16-12/h4,6-7,9-10,15H,2-3,5,8,11H2,1H3. The predicted molar refractivity (Wildman–Crippen MR) is 72.7 cm³/mol. The van der Waals surface area contributed by atoms with Crippen molar-refractivity contribution in [1.82, 2.24) is 14.7 Å². The Kier molecular flexibility index (Phi) is 4.47. The fourth-order valence-corrected chi connectivity index (χ4v) is 1.91. The lowest BCUT2D eigenvalue weighted by atomic mass is 10.2. The van der Waals surface area contributed by atoms with Gasteiger partial charge in [0, 0.05) is 18.8 Å². The molecule has 0 unspecified atom stereocenters. The van der Waals surface area contributed by atoms with E-state index in [2.05, 4.69) is 17.2 Å². The van der Waals surface area contributed by atoms with Gasteiger partial charge < -0.3 is 5.32 Å². The molecule has 0 aliphatic carbocycles. The van der Waals surface area contributed by atoms with Crippen LogP contribution in [0.2, 0.25) is 0 Å². The second-order valence-corrected chi connectivity index (χ2v) is 4.40. The summed E-state index contributed by atoms with van der Waals surface area (Å²) in [4.78, 5) is 16.3. The van der Waals surface area contributed by atoms with Crippen molar-refractivity contribution in [3.63, 3.8) is 0 Å². The smallest absolute Gasteiger partial charge is 0.258 e. The van der Waals surface area contributed by atoms with Gasteiger partial charge in [0.2, 0.25) is 0 Å². The number of rotatable bonds is 6. The highest BCUT2D eigenvalue weighted by molar-refractivity contribution is 5.37.